The van der Waals surface area contributed by atoms with E-state index < -0.39 is 11.8 Å². The highest BCUT2D eigenvalue weighted by Crippen LogP contribution is 2.34. The van der Waals surface area contributed by atoms with Gasteiger partial charge in [0.1, 0.15) is 12.0 Å². The Hall–Kier alpha value is -1.89. The van der Waals surface area contributed by atoms with Crippen LogP contribution in [-0.2, 0) is 5.60 Å². The van der Waals surface area contributed by atoms with Crippen molar-refractivity contribution in [1.29, 1.82) is 0 Å². The average Bonchev–Trinajstić information content (AvgIpc) is 2.75. The maximum atomic E-state index is 11.2. The minimum Gasteiger partial charge on any atom is -0.492 e. The minimum absolute atomic E-state index is 0.331. The number of nitrogens with zero attached hydrogens (tertiary/aromatic N) is 2. The molecule has 1 unspecified atom stereocenters. The van der Waals surface area contributed by atoms with Gasteiger partial charge in [0.2, 0.25) is 0 Å². The smallest absolute Gasteiger partial charge is 0.137 e. The predicted molar refractivity (Wildman–Crippen MR) is 119 cm³/mol. The molecule has 0 saturated carbocycles. The van der Waals surface area contributed by atoms with Crippen LogP contribution in [0, 0.1) is 0 Å². The summed E-state index contributed by atoms with van der Waals surface area (Å²) in [5, 5.41) is 23.7. The van der Waals surface area contributed by atoms with Gasteiger partial charge in [0.15, 0.2) is 0 Å². The van der Waals surface area contributed by atoms with E-state index >= 15 is 0 Å². The fraction of sp³-hybridized carbons (Fsp3) is 0.348. The number of rotatable bonds is 6. The summed E-state index contributed by atoms with van der Waals surface area (Å²) < 4.78 is 5.67. The van der Waals surface area contributed by atoms with Gasteiger partial charge in [-0.2, -0.15) is 0 Å². The van der Waals surface area contributed by atoms with Gasteiger partial charge in [-0.15, -0.1) is 0 Å². The Bertz CT molecular complexity index is 1020. The lowest BCUT2D eigenvalue weighted by molar-refractivity contribution is -0.0819. The van der Waals surface area contributed by atoms with Crippen LogP contribution in [0.2, 0.25) is 10.0 Å². The van der Waals surface area contributed by atoms with E-state index in [0.29, 0.717) is 54.8 Å². The number of aromatic nitrogens is 1. The number of aliphatic hydroxyl groups excluding tert-OH is 1. The summed E-state index contributed by atoms with van der Waals surface area (Å²) in [6, 6.07) is 15.0. The summed E-state index contributed by atoms with van der Waals surface area (Å²) in [6.45, 7) is 1.51. The maximum Gasteiger partial charge on any atom is 0.137 e. The lowest BCUT2D eigenvalue weighted by atomic mass is 9.84. The van der Waals surface area contributed by atoms with Gasteiger partial charge in [0.05, 0.1) is 22.7 Å². The number of aliphatic hydroxyl groups is 2. The number of hydrogen-bond donors (Lipinski definition) is 2. The number of likely N-dealkylation sites (tertiary alicyclic amines) is 1. The van der Waals surface area contributed by atoms with Crippen LogP contribution in [0.5, 0.6) is 5.75 Å². The summed E-state index contributed by atoms with van der Waals surface area (Å²) in [7, 11) is 0. The second kappa shape index (κ2) is 9.08. The number of ether oxygens (including phenoxy) is 1. The molecule has 1 aliphatic heterocycles. The summed E-state index contributed by atoms with van der Waals surface area (Å²) in [5.74, 6) is 0.546. The van der Waals surface area contributed by atoms with Gasteiger partial charge >= 0.3 is 0 Å². The Morgan fingerprint density at radius 3 is 2.63 bits per heavy atom. The van der Waals surface area contributed by atoms with E-state index in [2.05, 4.69) is 4.98 Å². The normalized spacial score (nSPS) is 17.7. The molecular formula is C23H24Cl2N2O3. The monoisotopic (exact) mass is 446 g/mol. The zero-order valence-corrected chi connectivity index (χ0v) is 18.0. The molecule has 2 heterocycles. The van der Waals surface area contributed by atoms with Gasteiger partial charge < -0.3 is 14.9 Å². The molecule has 1 atom stereocenters. The Morgan fingerprint density at radius 1 is 1.10 bits per heavy atom. The maximum absolute atomic E-state index is 11.2. The molecule has 0 bridgehead atoms. The Labute approximate surface area is 185 Å². The second-order valence-electron chi connectivity index (χ2n) is 7.68. The largest absolute Gasteiger partial charge is 0.492 e. The molecule has 158 valence electrons. The van der Waals surface area contributed by atoms with Crippen LogP contribution >= 0.6 is 23.2 Å². The lowest BCUT2D eigenvalue weighted by Crippen LogP contribution is -2.47. The fourth-order valence-electron chi connectivity index (χ4n) is 3.86. The number of para-hydroxylation sites is 1. The molecule has 0 amide bonds. The predicted octanol–water partition coefficient (Wildman–Crippen LogP) is 4.61. The van der Waals surface area contributed by atoms with Crippen molar-refractivity contribution in [2.75, 3.05) is 19.7 Å². The van der Waals surface area contributed by atoms with Gasteiger partial charge in [0.25, 0.3) is 0 Å². The van der Waals surface area contributed by atoms with E-state index in [0.717, 1.165) is 16.5 Å². The average molecular weight is 447 g/mol. The first kappa shape index (κ1) is 21.3. The van der Waals surface area contributed by atoms with Gasteiger partial charge in [-0.1, -0.05) is 41.4 Å². The fourth-order valence-corrected chi connectivity index (χ4v) is 4.32. The molecule has 2 N–H and O–H groups in total. The molecule has 0 spiro atoms. The highest BCUT2D eigenvalue weighted by atomic mass is 35.5. The zero-order chi connectivity index (χ0) is 21.1. The molecule has 0 aliphatic carbocycles. The van der Waals surface area contributed by atoms with Crippen LogP contribution in [0.25, 0.3) is 10.9 Å². The first-order chi connectivity index (χ1) is 14.4. The van der Waals surface area contributed by atoms with E-state index in [-0.39, 0.29) is 0 Å². The summed E-state index contributed by atoms with van der Waals surface area (Å²) in [5.41, 5.74) is 0.815. The molecule has 2 aromatic carbocycles. The Balaban J connectivity index is 1.31. The molecule has 1 aromatic heterocycles. The molecular weight excluding hydrogens is 423 g/mol. The summed E-state index contributed by atoms with van der Waals surface area (Å²) in [6.07, 6.45) is 2.63. The summed E-state index contributed by atoms with van der Waals surface area (Å²) in [4.78, 5) is 6.45. The Kier molecular flexibility index (Phi) is 6.46. The van der Waals surface area contributed by atoms with Crippen molar-refractivity contribution < 1.29 is 14.9 Å². The van der Waals surface area contributed by atoms with Crippen LogP contribution in [0.4, 0.5) is 0 Å². The highest BCUT2D eigenvalue weighted by Gasteiger charge is 2.36. The zero-order valence-electron chi connectivity index (χ0n) is 16.5. The number of benzene rings is 2. The quantitative estimate of drug-likeness (QED) is 0.578. The van der Waals surface area contributed by atoms with Gasteiger partial charge in [-0.05, 0) is 43.2 Å². The molecule has 0 radical (unpaired) electrons. The van der Waals surface area contributed by atoms with Crippen molar-refractivity contribution in [2.45, 2.75) is 31.1 Å². The van der Waals surface area contributed by atoms with Crippen molar-refractivity contribution >= 4 is 34.1 Å². The van der Waals surface area contributed by atoms with Gasteiger partial charge in [-0.25, -0.2) is 0 Å². The molecule has 30 heavy (non-hydrogen) atoms. The number of pyridine rings is 1. The topological polar surface area (TPSA) is 65.8 Å². The molecule has 4 rings (SSSR count). The van der Waals surface area contributed by atoms with E-state index in [9.17, 15) is 10.2 Å². The first-order valence-electron chi connectivity index (χ1n) is 10.0. The van der Waals surface area contributed by atoms with E-state index in [1.54, 1.807) is 24.4 Å². The van der Waals surface area contributed by atoms with Crippen LogP contribution in [0.15, 0.2) is 54.7 Å². The molecule has 1 aliphatic rings. The lowest BCUT2D eigenvalue weighted by Gasteiger charge is -2.40. The minimum atomic E-state index is -0.930. The number of halogens is 2. The molecule has 1 fully saturated rings. The van der Waals surface area contributed by atoms with E-state index in [1.807, 2.05) is 35.2 Å². The van der Waals surface area contributed by atoms with Gasteiger partial charge in [-0.3, -0.25) is 9.88 Å². The van der Waals surface area contributed by atoms with Crippen molar-refractivity contribution in [3.63, 3.8) is 0 Å². The Morgan fingerprint density at radius 2 is 1.87 bits per heavy atom. The van der Waals surface area contributed by atoms with E-state index in [1.165, 1.54) is 0 Å². The molecule has 7 heteroatoms. The number of hydrogen-bond acceptors (Lipinski definition) is 5. The third-order valence-corrected chi connectivity index (χ3v) is 6.23. The van der Waals surface area contributed by atoms with Crippen molar-refractivity contribution in [2.24, 2.45) is 0 Å². The van der Waals surface area contributed by atoms with Crippen LogP contribution in [0.1, 0.15) is 24.8 Å². The standard InChI is InChI=1S/C23H24Cl2N2O3/c24-18-5-6-21(19(25)14-18)30-12-7-22(28)27-10-8-23(29,9-11-27)17-13-16-3-1-2-4-20(16)26-15-17/h1-6,13-15,22,28-29H,7-12H2. The van der Waals surface area contributed by atoms with Gasteiger partial charge in [0, 0.05) is 41.7 Å². The van der Waals surface area contributed by atoms with Crippen LogP contribution < -0.4 is 4.74 Å². The number of piperidine rings is 1. The van der Waals surface area contributed by atoms with Crippen molar-refractivity contribution in [3.8, 4) is 5.75 Å². The van der Waals surface area contributed by atoms with Crippen LogP contribution in [0.3, 0.4) is 0 Å². The second-order valence-corrected chi connectivity index (χ2v) is 8.52. The van der Waals surface area contributed by atoms with Crippen molar-refractivity contribution in [3.05, 3.63) is 70.3 Å². The molecule has 3 aromatic rings. The molecule has 5 nitrogen and oxygen atoms in total. The summed E-state index contributed by atoms with van der Waals surface area (Å²) >= 11 is 12.0. The third kappa shape index (κ3) is 4.71. The molecule has 1 saturated heterocycles. The highest BCUT2D eigenvalue weighted by molar-refractivity contribution is 6.35. The van der Waals surface area contributed by atoms with E-state index in [4.69, 9.17) is 27.9 Å². The SMILES string of the molecule is OC(CCOc1ccc(Cl)cc1Cl)N1CCC(O)(c2cnc3ccccc3c2)CC1. The van der Waals surface area contributed by atoms with Crippen molar-refractivity contribution in [1.82, 2.24) is 9.88 Å². The number of fused-ring (bicyclic) bond motifs is 1. The third-order valence-electron chi connectivity index (χ3n) is 5.70. The van der Waals surface area contributed by atoms with Crippen LogP contribution in [-0.4, -0.2) is 46.0 Å². The first-order valence-corrected chi connectivity index (χ1v) is 10.8.